The number of fused-ring (bicyclic) bond motifs is 1. The number of methoxy groups -OCH3 is 1. The number of nitro groups is 1. The number of hydrogen-bond donors (Lipinski definition) is 1. The van der Waals surface area contributed by atoms with E-state index in [0.717, 1.165) is 10.9 Å². The maximum Gasteiger partial charge on any atom is 0.382 e. The smallest absolute Gasteiger partial charge is 0.382 e. The Morgan fingerprint density at radius 2 is 2.22 bits per heavy atom. The molecule has 0 saturated heterocycles. The van der Waals surface area contributed by atoms with E-state index in [1.54, 1.807) is 6.20 Å². The highest BCUT2D eigenvalue weighted by Gasteiger charge is 2.42. The van der Waals surface area contributed by atoms with Crippen molar-refractivity contribution >= 4 is 16.9 Å². The van der Waals surface area contributed by atoms with Crippen molar-refractivity contribution in [3.8, 4) is 0 Å². The summed E-state index contributed by atoms with van der Waals surface area (Å²) in [4.78, 5) is 26.0. The van der Waals surface area contributed by atoms with E-state index in [9.17, 15) is 14.9 Å². The Morgan fingerprint density at radius 1 is 1.48 bits per heavy atom. The van der Waals surface area contributed by atoms with Crippen molar-refractivity contribution in [3.05, 3.63) is 58.8 Å². The van der Waals surface area contributed by atoms with Crippen LogP contribution in [0.15, 0.2) is 43.1 Å². The highest BCUT2D eigenvalue weighted by Crippen LogP contribution is 2.30. The minimum absolute atomic E-state index is 0.0245. The van der Waals surface area contributed by atoms with Crippen molar-refractivity contribution in [3.63, 3.8) is 0 Å². The van der Waals surface area contributed by atoms with Crippen molar-refractivity contribution in [1.29, 1.82) is 0 Å². The Morgan fingerprint density at radius 3 is 2.87 bits per heavy atom. The zero-order chi connectivity index (χ0) is 16.8. The monoisotopic (exact) mass is 318 g/mol. The van der Waals surface area contributed by atoms with Gasteiger partial charge in [-0.15, -0.1) is 0 Å². The summed E-state index contributed by atoms with van der Waals surface area (Å²) >= 11 is 0. The maximum atomic E-state index is 12.1. The summed E-state index contributed by atoms with van der Waals surface area (Å²) in [5.74, 6) is -1.66. The molecule has 7 heteroatoms. The van der Waals surface area contributed by atoms with Gasteiger partial charge in [-0.3, -0.25) is 10.1 Å². The Balaban J connectivity index is 2.43. The molecule has 2 unspecified atom stereocenters. The molecule has 0 radical (unpaired) electrons. The number of nitrogens with zero attached hydrogens (tertiary/aromatic N) is 1. The fraction of sp³-hybridized carbons (Fsp3) is 0.312. The van der Waals surface area contributed by atoms with Crippen LogP contribution < -0.4 is 0 Å². The summed E-state index contributed by atoms with van der Waals surface area (Å²) in [7, 11) is 1.44. The van der Waals surface area contributed by atoms with Crippen LogP contribution in [0.2, 0.25) is 0 Å². The van der Waals surface area contributed by atoms with Crippen molar-refractivity contribution in [2.24, 2.45) is 0 Å². The van der Waals surface area contributed by atoms with Gasteiger partial charge >= 0.3 is 12.0 Å². The molecular formula is C16H18N2O5. The first-order valence-electron chi connectivity index (χ1n) is 7.06. The lowest BCUT2D eigenvalue weighted by Gasteiger charge is -2.18. The van der Waals surface area contributed by atoms with Crippen LogP contribution in [0.1, 0.15) is 11.5 Å². The number of esters is 1. The Hall–Kier alpha value is -2.67. The first-order valence-corrected chi connectivity index (χ1v) is 7.06. The van der Waals surface area contributed by atoms with Crippen LogP contribution in [0.25, 0.3) is 10.9 Å². The second kappa shape index (κ2) is 7.55. The predicted octanol–water partition coefficient (Wildman–Crippen LogP) is 2.27. The van der Waals surface area contributed by atoms with E-state index >= 15 is 0 Å². The van der Waals surface area contributed by atoms with Gasteiger partial charge in [-0.1, -0.05) is 30.9 Å². The van der Waals surface area contributed by atoms with Crippen LogP contribution in [0, 0.1) is 10.1 Å². The molecule has 2 aromatic rings. The van der Waals surface area contributed by atoms with Crippen LogP contribution in [-0.4, -0.2) is 42.2 Å². The Labute approximate surface area is 133 Å². The molecule has 0 spiro atoms. The first kappa shape index (κ1) is 16.7. The van der Waals surface area contributed by atoms with E-state index in [2.05, 4.69) is 11.6 Å². The number of H-pyrrole nitrogens is 1. The van der Waals surface area contributed by atoms with Gasteiger partial charge in [0.15, 0.2) is 0 Å². The van der Waals surface area contributed by atoms with E-state index in [1.807, 2.05) is 24.3 Å². The average molecular weight is 318 g/mol. The van der Waals surface area contributed by atoms with Crippen molar-refractivity contribution in [2.45, 2.75) is 12.0 Å². The lowest BCUT2D eigenvalue weighted by molar-refractivity contribution is -0.515. The summed E-state index contributed by atoms with van der Waals surface area (Å²) in [6, 6.07) is 5.85. The van der Waals surface area contributed by atoms with Gasteiger partial charge in [0.2, 0.25) is 0 Å². The van der Waals surface area contributed by atoms with Crippen molar-refractivity contribution in [2.75, 3.05) is 20.3 Å². The third-order valence-corrected chi connectivity index (χ3v) is 3.56. The van der Waals surface area contributed by atoms with E-state index in [4.69, 9.17) is 9.47 Å². The highest BCUT2D eigenvalue weighted by molar-refractivity contribution is 5.85. The Kier molecular flexibility index (Phi) is 5.48. The van der Waals surface area contributed by atoms with Gasteiger partial charge in [-0.2, -0.15) is 0 Å². The molecule has 0 aliphatic carbocycles. The fourth-order valence-corrected chi connectivity index (χ4v) is 2.55. The normalized spacial score (nSPS) is 13.4. The van der Waals surface area contributed by atoms with Gasteiger partial charge in [0.05, 0.1) is 12.5 Å². The molecular weight excluding hydrogens is 300 g/mol. The lowest BCUT2D eigenvalue weighted by Crippen LogP contribution is -2.39. The molecule has 2 rings (SSSR count). The second-order valence-electron chi connectivity index (χ2n) is 5.00. The van der Waals surface area contributed by atoms with Gasteiger partial charge in [-0.25, -0.2) is 4.79 Å². The Bertz CT molecular complexity index is 709. The number of carbonyl (C=O) groups excluding carboxylic acids is 1. The van der Waals surface area contributed by atoms with Crippen LogP contribution in [-0.2, 0) is 14.3 Å². The second-order valence-corrected chi connectivity index (χ2v) is 5.00. The van der Waals surface area contributed by atoms with E-state index in [0.29, 0.717) is 5.56 Å². The summed E-state index contributed by atoms with van der Waals surface area (Å²) in [5.41, 5.74) is 1.49. The number of carbonyl (C=O) groups is 1. The average Bonchev–Trinajstić information content (AvgIpc) is 2.96. The first-order chi connectivity index (χ1) is 11.1. The summed E-state index contributed by atoms with van der Waals surface area (Å²) in [6.07, 6.45) is 3.04. The number of aromatic nitrogens is 1. The maximum absolute atomic E-state index is 12.1. The molecule has 23 heavy (non-hydrogen) atoms. The minimum atomic E-state index is -1.55. The number of aromatic amines is 1. The van der Waals surface area contributed by atoms with Crippen LogP contribution >= 0.6 is 0 Å². The van der Waals surface area contributed by atoms with E-state index < -0.39 is 22.9 Å². The van der Waals surface area contributed by atoms with Crippen LogP contribution in [0.4, 0.5) is 0 Å². The third kappa shape index (κ3) is 3.57. The van der Waals surface area contributed by atoms with Crippen LogP contribution in [0.5, 0.6) is 0 Å². The topological polar surface area (TPSA) is 94.5 Å². The number of hydrogen-bond acceptors (Lipinski definition) is 5. The summed E-state index contributed by atoms with van der Waals surface area (Å²) < 4.78 is 10.0. The minimum Gasteiger partial charge on any atom is -0.456 e. The number of para-hydroxylation sites is 1. The molecule has 1 aromatic carbocycles. The number of benzene rings is 1. The predicted molar refractivity (Wildman–Crippen MR) is 84.9 cm³/mol. The zero-order valence-electron chi connectivity index (χ0n) is 12.7. The molecule has 0 saturated carbocycles. The summed E-state index contributed by atoms with van der Waals surface area (Å²) in [5, 5.41) is 12.3. The molecule has 7 nitrogen and oxygen atoms in total. The fourth-order valence-electron chi connectivity index (χ4n) is 2.55. The molecule has 1 N–H and O–H groups in total. The molecule has 0 aliphatic heterocycles. The standard InChI is InChI=1S/C16H18N2O5/c1-3-8-23-16(19)15(18(20)21)13(10-22-2)12-9-17-14-7-5-4-6-11(12)14/h3-7,9,13,15,17H,1,8,10H2,2H3. The molecule has 2 atom stereocenters. The molecule has 0 aliphatic rings. The number of ether oxygens (including phenoxy) is 2. The van der Waals surface area contributed by atoms with E-state index in [1.165, 1.54) is 13.2 Å². The lowest BCUT2D eigenvalue weighted by atomic mass is 9.92. The molecule has 0 bridgehead atoms. The molecule has 0 fully saturated rings. The quantitative estimate of drug-likeness (QED) is 0.349. The number of nitrogens with one attached hydrogen (secondary N) is 1. The third-order valence-electron chi connectivity index (χ3n) is 3.56. The van der Waals surface area contributed by atoms with Crippen LogP contribution in [0.3, 0.4) is 0 Å². The number of rotatable bonds is 8. The van der Waals surface area contributed by atoms with Gasteiger partial charge in [0, 0.05) is 29.1 Å². The summed E-state index contributed by atoms with van der Waals surface area (Å²) in [6.45, 7) is 3.38. The van der Waals surface area contributed by atoms with Gasteiger partial charge in [-0.05, 0) is 11.6 Å². The molecule has 1 heterocycles. The molecule has 122 valence electrons. The SMILES string of the molecule is C=CCOC(=O)C(C(COC)c1c[nH]c2ccccc12)[N+](=O)[O-]. The zero-order valence-corrected chi connectivity index (χ0v) is 12.7. The largest absolute Gasteiger partial charge is 0.456 e. The molecule has 0 amide bonds. The highest BCUT2D eigenvalue weighted by atomic mass is 16.6. The van der Waals surface area contributed by atoms with Gasteiger partial charge < -0.3 is 14.5 Å². The molecule has 1 aromatic heterocycles. The van der Waals surface area contributed by atoms with Gasteiger partial charge in [0.1, 0.15) is 6.61 Å². The van der Waals surface area contributed by atoms with Crippen molar-refractivity contribution in [1.82, 2.24) is 4.98 Å². The van der Waals surface area contributed by atoms with E-state index in [-0.39, 0.29) is 13.2 Å². The van der Waals surface area contributed by atoms with Gasteiger partial charge in [0.25, 0.3) is 0 Å². The van der Waals surface area contributed by atoms with Crippen molar-refractivity contribution < 1.29 is 19.2 Å².